The SMILES string of the molecule is CN(C(N)=NCC1(c2cccs2)CCCCC1)C1CC1.I. The highest BCUT2D eigenvalue weighted by molar-refractivity contribution is 14.0. The van der Waals surface area contributed by atoms with Crippen LogP contribution in [0.2, 0.25) is 0 Å². The number of rotatable bonds is 4. The third kappa shape index (κ3) is 3.92. The van der Waals surface area contributed by atoms with Crippen molar-refractivity contribution in [2.45, 2.75) is 56.4 Å². The Bertz CT molecular complexity index is 462. The van der Waals surface area contributed by atoms with Crippen LogP contribution in [0.5, 0.6) is 0 Å². The number of guanidine groups is 1. The molecule has 5 heteroatoms. The number of halogens is 1. The van der Waals surface area contributed by atoms with Crippen molar-refractivity contribution in [3.8, 4) is 0 Å². The van der Waals surface area contributed by atoms with Crippen LogP contribution < -0.4 is 5.73 Å². The van der Waals surface area contributed by atoms with E-state index < -0.39 is 0 Å². The van der Waals surface area contributed by atoms with E-state index in [1.54, 1.807) is 0 Å². The van der Waals surface area contributed by atoms with E-state index in [-0.39, 0.29) is 29.4 Å². The summed E-state index contributed by atoms with van der Waals surface area (Å²) in [6.45, 7) is 0.858. The molecule has 1 aromatic heterocycles. The van der Waals surface area contributed by atoms with Gasteiger partial charge in [0.25, 0.3) is 0 Å². The summed E-state index contributed by atoms with van der Waals surface area (Å²) in [5.41, 5.74) is 6.42. The van der Waals surface area contributed by atoms with E-state index in [1.807, 2.05) is 11.3 Å². The predicted octanol–water partition coefficient (Wildman–Crippen LogP) is 3.98. The first-order valence-electron chi connectivity index (χ1n) is 7.78. The summed E-state index contributed by atoms with van der Waals surface area (Å²) in [6, 6.07) is 5.09. The number of nitrogens with zero attached hydrogens (tertiary/aromatic N) is 2. The number of nitrogens with two attached hydrogens (primary N) is 1. The quantitative estimate of drug-likeness (QED) is 0.456. The molecule has 3 nitrogen and oxygen atoms in total. The van der Waals surface area contributed by atoms with Crippen LogP contribution in [0, 0.1) is 0 Å². The van der Waals surface area contributed by atoms with E-state index in [9.17, 15) is 0 Å². The molecule has 0 spiro atoms. The molecule has 0 atom stereocenters. The third-order valence-electron chi connectivity index (χ3n) is 4.85. The van der Waals surface area contributed by atoms with Crippen LogP contribution in [-0.4, -0.2) is 30.5 Å². The zero-order chi connectivity index (χ0) is 14.0. The second-order valence-corrected chi connectivity index (χ2v) is 7.28. The van der Waals surface area contributed by atoms with Crippen molar-refractivity contribution in [2.24, 2.45) is 10.7 Å². The monoisotopic (exact) mass is 419 g/mol. The Morgan fingerprint density at radius 3 is 2.67 bits per heavy atom. The Morgan fingerprint density at radius 1 is 1.38 bits per heavy atom. The summed E-state index contributed by atoms with van der Waals surface area (Å²) in [4.78, 5) is 8.42. The van der Waals surface area contributed by atoms with Crippen molar-refractivity contribution in [1.29, 1.82) is 0 Å². The highest BCUT2D eigenvalue weighted by Crippen LogP contribution is 2.41. The molecule has 0 amide bonds. The molecule has 3 rings (SSSR count). The van der Waals surface area contributed by atoms with Gasteiger partial charge in [-0.05, 0) is 37.1 Å². The summed E-state index contributed by atoms with van der Waals surface area (Å²) in [6.07, 6.45) is 9.08. The first-order valence-corrected chi connectivity index (χ1v) is 8.66. The third-order valence-corrected chi connectivity index (χ3v) is 5.97. The number of thiophene rings is 1. The van der Waals surface area contributed by atoms with Crippen LogP contribution in [0.15, 0.2) is 22.5 Å². The van der Waals surface area contributed by atoms with Crippen molar-refractivity contribution in [2.75, 3.05) is 13.6 Å². The molecule has 0 aromatic carbocycles. The van der Waals surface area contributed by atoms with Gasteiger partial charge in [0.15, 0.2) is 5.96 Å². The second kappa shape index (κ2) is 7.31. The highest BCUT2D eigenvalue weighted by atomic mass is 127. The van der Waals surface area contributed by atoms with Crippen molar-refractivity contribution < 1.29 is 0 Å². The van der Waals surface area contributed by atoms with Gasteiger partial charge < -0.3 is 10.6 Å². The first kappa shape index (κ1) is 17.1. The molecule has 2 N–H and O–H groups in total. The normalized spacial score (nSPS) is 21.7. The maximum atomic E-state index is 6.17. The highest BCUT2D eigenvalue weighted by Gasteiger charge is 2.35. The zero-order valence-electron chi connectivity index (χ0n) is 12.8. The average molecular weight is 419 g/mol. The second-order valence-electron chi connectivity index (χ2n) is 6.33. The summed E-state index contributed by atoms with van der Waals surface area (Å²) in [7, 11) is 2.08. The minimum Gasteiger partial charge on any atom is -0.370 e. The maximum Gasteiger partial charge on any atom is 0.191 e. The van der Waals surface area contributed by atoms with E-state index in [0.717, 1.165) is 12.5 Å². The van der Waals surface area contributed by atoms with Gasteiger partial charge >= 0.3 is 0 Å². The summed E-state index contributed by atoms with van der Waals surface area (Å²) in [5, 5.41) is 2.19. The molecule has 2 aliphatic rings. The van der Waals surface area contributed by atoms with Gasteiger partial charge in [-0.1, -0.05) is 25.3 Å². The Labute approximate surface area is 149 Å². The van der Waals surface area contributed by atoms with Crippen LogP contribution in [0.1, 0.15) is 49.8 Å². The molecule has 2 saturated carbocycles. The molecule has 1 aromatic rings. The van der Waals surface area contributed by atoms with Crippen LogP contribution in [0.4, 0.5) is 0 Å². The van der Waals surface area contributed by atoms with Gasteiger partial charge in [-0.2, -0.15) is 0 Å². The summed E-state index contributed by atoms with van der Waals surface area (Å²) in [5.74, 6) is 0.731. The molecule has 0 aliphatic heterocycles. The Hall–Kier alpha value is -0.300. The molecule has 21 heavy (non-hydrogen) atoms. The van der Waals surface area contributed by atoms with Crippen molar-refractivity contribution >= 4 is 41.3 Å². The molecule has 118 valence electrons. The topological polar surface area (TPSA) is 41.6 Å². The lowest BCUT2D eigenvalue weighted by Crippen LogP contribution is -2.38. The first-order chi connectivity index (χ1) is 9.71. The van der Waals surface area contributed by atoms with E-state index >= 15 is 0 Å². The molecule has 0 unspecified atom stereocenters. The average Bonchev–Trinajstić information content (AvgIpc) is 3.18. The molecular formula is C16H26IN3S. The largest absolute Gasteiger partial charge is 0.370 e. The standard InChI is InChI=1S/C16H25N3S.HI/c1-19(13-7-8-13)15(17)18-12-16(9-3-2-4-10-16)14-6-5-11-20-14;/h5-6,11,13H,2-4,7-10,12H2,1H3,(H2,17,18);1H. The van der Waals surface area contributed by atoms with Gasteiger partial charge in [0, 0.05) is 23.4 Å². The predicted molar refractivity (Wildman–Crippen MR) is 102 cm³/mol. The lowest BCUT2D eigenvalue weighted by Gasteiger charge is -2.35. The Kier molecular flexibility index (Phi) is 5.94. The van der Waals surface area contributed by atoms with Crippen LogP contribution in [-0.2, 0) is 5.41 Å². The number of hydrogen-bond acceptors (Lipinski definition) is 2. The summed E-state index contributed by atoms with van der Waals surface area (Å²) < 4.78 is 0. The van der Waals surface area contributed by atoms with Gasteiger partial charge in [-0.3, -0.25) is 4.99 Å². The van der Waals surface area contributed by atoms with Gasteiger partial charge in [0.2, 0.25) is 0 Å². The van der Waals surface area contributed by atoms with Gasteiger partial charge in [-0.25, -0.2) is 0 Å². The van der Waals surface area contributed by atoms with E-state index in [0.29, 0.717) is 6.04 Å². The minimum absolute atomic E-state index is 0. The molecule has 2 aliphatic carbocycles. The fraction of sp³-hybridized carbons (Fsp3) is 0.688. The van der Waals surface area contributed by atoms with E-state index in [4.69, 9.17) is 10.7 Å². The molecule has 0 bridgehead atoms. The Balaban J connectivity index is 0.00000161. The minimum atomic E-state index is 0. The lowest BCUT2D eigenvalue weighted by molar-refractivity contribution is 0.305. The fourth-order valence-electron chi connectivity index (χ4n) is 3.28. The smallest absolute Gasteiger partial charge is 0.191 e. The molecular weight excluding hydrogens is 393 g/mol. The molecule has 0 saturated heterocycles. The summed E-state index contributed by atoms with van der Waals surface area (Å²) >= 11 is 1.88. The molecule has 2 fully saturated rings. The molecule has 1 heterocycles. The van der Waals surface area contributed by atoms with Crippen molar-refractivity contribution in [3.05, 3.63) is 22.4 Å². The van der Waals surface area contributed by atoms with Crippen LogP contribution in [0.3, 0.4) is 0 Å². The van der Waals surface area contributed by atoms with Crippen LogP contribution in [0.25, 0.3) is 0 Å². The Morgan fingerprint density at radius 2 is 2.10 bits per heavy atom. The van der Waals surface area contributed by atoms with Crippen molar-refractivity contribution in [1.82, 2.24) is 4.90 Å². The van der Waals surface area contributed by atoms with Gasteiger partial charge in [0.05, 0.1) is 6.54 Å². The fourth-order valence-corrected chi connectivity index (χ4v) is 4.26. The van der Waals surface area contributed by atoms with Crippen molar-refractivity contribution in [3.63, 3.8) is 0 Å². The van der Waals surface area contributed by atoms with E-state index in [2.05, 4.69) is 29.5 Å². The zero-order valence-corrected chi connectivity index (χ0v) is 15.9. The maximum absolute atomic E-state index is 6.17. The van der Waals surface area contributed by atoms with Gasteiger partial charge in [-0.15, -0.1) is 35.3 Å². The van der Waals surface area contributed by atoms with Crippen LogP contribution >= 0.6 is 35.3 Å². The molecule has 0 radical (unpaired) electrons. The number of aliphatic imine (C=N–C) groups is 1. The number of hydrogen-bond donors (Lipinski definition) is 1. The van der Waals surface area contributed by atoms with E-state index in [1.165, 1.54) is 49.8 Å². The van der Waals surface area contributed by atoms with Gasteiger partial charge in [0.1, 0.15) is 0 Å². The lowest BCUT2D eigenvalue weighted by atomic mass is 9.73.